The van der Waals surface area contributed by atoms with Crippen molar-refractivity contribution < 1.29 is 9.53 Å². The molecule has 1 heterocycles. The van der Waals surface area contributed by atoms with Crippen molar-refractivity contribution in [2.24, 2.45) is 11.8 Å². The van der Waals surface area contributed by atoms with E-state index < -0.39 is 0 Å². The summed E-state index contributed by atoms with van der Waals surface area (Å²) in [5.41, 5.74) is -0.149. The second kappa shape index (κ2) is 7.28. The van der Waals surface area contributed by atoms with Crippen LogP contribution in [0.5, 0.6) is 0 Å². The Kier molecular flexibility index (Phi) is 6.31. The molecule has 0 aromatic heterocycles. The van der Waals surface area contributed by atoms with Crippen LogP contribution >= 0.6 is 0 Å². The number of rotatable bonds is 5. The van der Waals surface area contributed by atoms with Gasteiger partial charge in [0.15, 0.2) is 0 Å². The predicted octanol–water partition coefficient (Wildman–Crippen LogP) is 3.48. The fourth-order valence-electron chi connectivity index (χ4n) is 2.65. The third-order valence-electron chi connectivity index (χ3n) is 4.19. The van der Waals surface area contributed by atoms with Crippen molar-refractivity contribution in [3.05, 3.63) is 0 Å². The van der Waals surface area contributed by atoms with Crippen LogP contribution in [0.2, 0.25) is 0 Å². The van der Waals surface area contributed by atoms with Crippen LogP contribution in [0.3, 0.4) is 0 Å². The van der Waals surface area contributed by atoms with Crippen LogP contribution in [-0.2, 0) is 9.53 Å². The topological polar surface area (TPSA) is 29.5 Å². The zero-order chi connectivity index (χ0) is 14.5. The summed E-state index contributed by atoms with van der Waals surface area (Å²) < 4.78 is 5.62. The third-order valence-corrected chi connectivity index (χ3v) is 4.19. The second-order valence-corrected chi connectivity index (χ2v) is 6.81. The molecule has 1 rings (SSSR count). The summed E-state index contributed by atoms with van der Waals surface area (Å²) in [7, 11) is 0. The Hall–Kier alpha value is -0.570. The summed E-state index contributed by atoms with van der Waals surface area (Å²) in [5.74, 6) is 1.85. The van der Waals surface area contributed by atoms with E-state index in [2.05, 4.69) is 13.8 Å². The Morgan fingerprint density at radius 2 is 1.89 bits per heavy atom. The molecule has 1 amide bonds. The number of ether oxygens (including phenoxy) is 1. The molecule has 0 bridgehead atoms. The van der Waals surface area contributed by atoms with Crippen molar-refractivity contribution in [3.63, 3.8) is 0 Å². The van der Waals surface area contributed by atoms with Gasteiger partial charge in [-0.25, -0.2) is 0 Å². The summed E-state index contributed by atoms with van der Waals surface area (Å²) in [6.45, 7) is 13.1. The van der Waals surface area contributed by atoms with Gasteiger partial charge < -0.3 is 9.64 Å². The number of hydrogen-bond donors (Lipinski definition) is 0. The Labute approximate surface area is 118 Å². The Balaban J connectivity index is 2.25. The number of amides is 1. The number of likely N-dealkylation sites (tertiary alicyclic amines) is 1. The lowest BCUT2D eigenvalue weighted by Gasteiger charge is -2.35. The van der Waals surface area contributed by atoms with E-state index in [0.717, 1.165) is 24.9 Å². The van der Waals surface area contributed by atoms with E-state index in [1.54, 1.807) is 0 Å². The molecular weight excluding hydrogens is 238 g/mol. The van der Waals surface area contributed by atoms with Crippen LogP contribution < -0.4 is 0 Å². The normalized spacial score (nSPS) is 19.5. The van der Waals surface area contributed by atoms with Gasteiger partial charge in [0.05, 0.1) is 18.6 Å². The van der Waals surface area contributed by atoms with Gasteiger partial charge >= 0.3 is 0 Å². The van der Waals surface area contributed by atoms with Gasteiger partial charge in [-0.2, -0.15) is 0 Å². The van der Waals surface area contributed by atoms with Crippen LogP contribution in [0.1, 0.15) is 60.3 Å². The van der Waals surface area contributed by atoms with Gasteiger partial charge in [-0.1, -0.05) is 20.3 Å². The van der Waals surface area contributed by atoms with E-state index in [4.69, 9.17) is 4.74 Å². The smallest absolute Gasteiger partial charge is 0.224 e. The highest BCUT2D eigenvalue weighted by Crippen LogP contribution is 2.27. The average molecular weight is 269 g/mol. The van der Waals surface area contributed by atoms with E-state index in [1.165, 1.54) is 19.3 Å². The van der Waals surface area contributed by atoms with Crippen LogP contribution in [0.15, 0.2) is 0 Å². The highest BCUT2D eigenvalue weighted by molar-refractivity contribution is 5.76. The summed E-state index contributed by atoms with van der Waals surface area (Å²) in [4.78, 5) is 14.1. The van der Waals surface area contributed by atoms with E-state index in [0.29, 0.717) is 13.0 Å². The van der Waals surface area contributed by atoms with Gasteiger partial charge in [-0.3, -0.25) is 4.79 Å². The van der Waals surface area contributed by atoms with Gasteiger partial charge in [0, 0.05) is 13.1 Å². The molecule has 1 aliphatic heterocycles. The van der Waals surface area contributed by atoms with E-state index in [9.17, 15) is 4.79 Å². The largest absolute Gasteiger partial charge is 0.375 e. The number of carbonyl (C=O) groups excluding carboxylic acids is 1. The molecule has 0 spiro atoms. The van der Waals surface area contributed by atoms with Crippen molar-refractivity contribution in [1.82, 2.24) is 4.90 Å². The van der Waals surface area contributed by atoms with E-state index in [1.807, 2.05) is 25.7 Å². The number of hydrogen-bond acceptors (Lipinski definition) is 2. The Bertz CT molecular complexity index is 275. The summed E-state index contributed by atoms with van der Waals surface area (Å²) in [6, 6.07) is 0. The van der Waals surface area contributed by atoms with Crippen molar-refractivity contribution in [1.29, 1.82) is 0 Å². The molecule has 0 saturated carbocycles. The number of carbonyl (C=O) groups is 1. The fraction of sp³-hybridized carbons (Fsp3) is 0.938. The Morgan fingerprint density at radius 3 is 2.37 bits per heavy atom. The molecule has 1 fully saturated rings. The quantitative estimate of drug-likeness (QED) is 0.765. The first-order valence-electron chi connectivity index (χ1n) is 7.75. The lowest BCUT2D eigenvalue weighted by Crippen LogP contribution is -2.40. The molecule has 19 heavy (non-hydrogen) atoms. The second-order valence-electron chi connectivity index (χ2n) is 6.81. The minimum atomic E-state index is -0.149. The average Bonchev–Trinajstić information content (AvgIpc) is 2.36. The van der Waals surface area contributed by atoms with Gasteiger partial charge in [-0.05, 0) is 45.4 Å². The van der Waals surface area contributed by atoms with Crippen LogP contribution in [0, 0.1) is 11.8 Å². The maximum absolute atomic E-state index is 12.1. The number of nitrogens with zero attached hydrogens (tertiary/aromatic N) is 1. The molecule has 0 aliphatic carbocycles. The molecule has 1 aliphatic rings. The molecule has 1 atom stereocenters. The minimum Gasteiger partial charge on any atom is -0.375 e. The first-order chi connectivity index (χ1) is 8.83. The summed E-state index contributed by atoms with van der Waals surface area (Å²) >= 11 is 0. The van der Waals surface area contributed by atoms with Crippen molar-refractivity contribution >= 4 is 5.91 Å². The molecule has 0 aromatic carbocycles. The molecule has 3 heteroatoms. The first kappa shape index (κ1) is 16.5. The van der Waals surface area contributed by atoms with Crippen LogP contribution in [0.4, 0.5) is 0 Å². The predicted molar refractivity (Wildman–Crippen MR) is 79.1 cm³/mol. The summed E-state index contributed by atoms with van der Waals surface area (Å²) in [5, 5.41) is 0. The Morgan fingerprint density at radius 1 is 1.32 bits per heavy atom. The standard InChI is InChI=1S/C16H31NO2/c1-6-13(2)14-7-10-17(11-8-14)15(18)9-12-19-16(3,4)5/h13-14H,6-12H2,1-5H3. The zero-order valence-electron chi connectivity index (χ0n) is 13.4. The highest BCUT2D eigenvalue weighted by Gasteiger charge is 2.25. The minimum absolute atomic E-state index is 0.149. The van der Waals surface area contributed by atoms with Crippen LogP contribution in [0.25, 0.3) is 0 Å². The van der Waals surface area contributed by atoms with Gasteiger partial charge in [0.25, 0.3) is 0 Å². The van der Waals surface area contributed by atoms with Crippen molar-refractivity contribution in [2.45, 2.75) is 65.9 Å². The molecular formula is C16H31NO2. The molecule has 1 unspecified atom stereocenters. The highest BCUT2D eigenvalue weighted by atomic mass is 16.5. The third kappa shape index (κ3) is 5.94. The molecule has 1 saturated heterocycles. The zero-order valence-corrected chi connectivity index (χ0v) is 13.4. The molecule has 112 valence electrons. The molecule has 0 radical (unpaired) electrons. The molecule has 0 aromatic rings. The van der Waals surface area contributed by atoms with Crippen LogP contribution in [-0.4, -0.2) is 36.1 Å². The first-order valence-corrected chi connectivity index (χ1v) is 7.75. The summed E-state index contributed by atoms with van der Waals surface area (Å²) in [6.07, 6.45) is 4.10. The maximum atomic E-state index is 12.1. The van der Waals surface area contributed by atoms with E-state index >= 15 is 0 Å². The van der Waals surface area contributed by atoms with Crippen molar-refractivity contribution in [3.8, 4) is 0 Å². The van der Waals surface area contributed by atoms with E-state index in [-0.39, 0.29) is 11.5 Å². The maximum Gasteiger partial charge on any atom is 0.224 e. The van der Waals surface area contributed by atoms with Gasteiger partial charge in [0.1, 0.15) is 0 Å². The SMILES string of the molecule is CCC(C)C1CCN(C(=O)CCOC(C)(C)C)CC1. The lowest BCUT2D eigenvalue weighted by atomic mass is 9.84. The lowest BCUT2D eigenvalue weighted by molar-refractivity contribution is -0.135. The van der Waals surface area contributed by atoms with Crippen molar-refractivity contribution in [2.75, 3.05) is 19.7 Å². The van der Waals surface area contributed by atoms with Gasteiger partial charge in [0.2, 0.25) is 5.91 Å². The molecule has 3 nitrogen and oxygen atoms in total. The van der Waals surface area contributed by atoms with Gasteiger partial charge in [-0.15, -0.1) is 0 Å². The number of piperidine rings is 1. The molecule has 0 N–H and O–H groups in total. The fourth-order valence-corrected chi connectivity index (χ4v) is 2.65. The monoisotopic (exact) mass is 269 g/mol.